The minimum atomic E-state index is 0.485. The van der Waals surface area contributed by atoms with Crippen molar-refractivity contribution in [3.63, 3.8) is 0 Å². The van der Waals surface area contributed by atoms with Gasteiger partial charge in [0.15, 0.2) is 0 Å². The molecule has 120 valence electrons. The largest absolute Gasteiger partial charge is 0.496 e. The van der Waals surface area contributed by atoms with Gasteiger partial charge in [-0.2, -0.15) is 5.26 Å². The van der Waals surface area contributed by atoms with Gasteiger partial charge in [-0.1, -0.05) is 6.07 Å². The fraction of sp³-hybridized carbons (Fsp3) is 0.158. The molecule has 0 atom stereocenters. The third-order valence-electron chi connectivity index (χ3n) is 3.96. The smallest absolute Gasteiger partial charge is 0.149 e. The third kappa shape index (κ3) is 3.06. The van der Waals surface area contributed by atoms with E-state index in [1.807, 2.05) is 30.3 Å². The molecule has 5 heteroatoms. The predicted molar refractivity (Wildman–Crippen MR) is 99.7 cm³/mol. The summed E-state index contributed by atoms with van der Waals surface area (Å²) in [5.41, 5.74) is 5.56. The SMILES string of the molecule is COc1ccc(/C=C(\C#N)c2nc3cc(C)c(C)cc3[nH]2)cc1Br. The number of aryl methyl sites for hydroxylation is 2. The molecule has 0 spiro atoms. The van der Waals surface area contributed by atoms with Crippen LogP contribution in [0.1, 0.15) is 22.5 Å². The van der Waals surface area contributed by atoms with E-state index in [2.05, 4.69) is 51.9 Å². The fourth-order valence-corrected chi connectivity index (χ4v) is 3.05. The van der Waals surface area contributed by atoms with Crippen LogP contribution in [0.15, 0.2) is 34.8 Å². The Morgan fingerprint density at radius 1 is 1.25 bits per heavy atom. The number of halogens is 1. The molecule has 1 N–H and O–H groups in total. The quantitative estimate of drug-likeness (QED) is 0.648. The number of methoxy groups -OCH3 is 1. The number of nitrogens with one attached hydrogen (secondary N) is 1. The number of allylic oxidation sites excluding steroid dienone is 1. The molecule has 24 heavy (non-hydrogen) atoms. The van der Waals surface area contributed by atoms with Crippen molar-refractivity contribution in [3.8, 4) is 11.8 Å². The second-order valence-corrected chi connectivity index (χ2v) is 6.46. The Morgan fingerprint density at radius 3 is 2.67 bits per heavy atom. The lowest BCUT2D eigenvalue weighted by Crippen LogP contribution is -1.87. The first-order valence-corrected chi connectivity index (χ1v) is 8.24. The molecule has 0 saturated heterocycles. The molecule has 0 saturated carbocycles. The van der Waals surface area contributed by atoms with Crippen LogP contribution in [0.3, 0.4) is 0 Å². The van der Waals surface area contributed by atoms with Crippen molar-refractivity contribution < 1.29 is 4.74 Å². The molecular weight excluding hydrogens is 366 g/mol. The topological polar surface area (TPSA) is 61.7 Å². The lowest BCUT2D eigenvalue weighted by atomic mass is 10.1. The Morgan fingerprint density at radius 2 is 2.00 bits per heavy atom. The van der Waals surface area contributed by atoms with E-state index in [1.54, 1.807) is 7.11 Å². The Hall–Kier alpha value is -2.58. The fourth-order valence-electron chi connectivity index (χ4n) is 2.49. The van der Waals surface area contributed by atoms with Crippen LogP contribution in [-0.2, 0) is 0 Å². The number of ether oxygens (including phenoxy) is 1. The number of fused-ring (bicyclic) bond motifs is 1. The number of hydrogen-bond donors (Lipinski definition) is 1. The summed E-state index contributed by atoms with van der Waals surface area (Å²) in [5, 5.41) is 9.53. The van der Waals surface area contributed by atoms with Crippen LogP contribution in [0, 0.1) is 25.2 Å². The standard InChI is InChI=1S/C19H16BrN3O/c1-11-6-16-17(7-12(11)2)23-19(22-16)14(10-21)8-13-4-5-18(24-3)15(20)9-13/h4-9H,1-3H3,(H,22,23)/b14-8+. The van der Waals surface area contributed by atoms with Crippen molar-refractivity contribution in [3.05, 3.63) is 57.3 Å². The molecule has 0 bridgehead atoms. The van der Waals surface area contributed by atoms with E-state index >= 15 is 0 Å². The molecular formula is C19H16BrN3O. The van der Waals surface area contributed by atoms with Gasteiger partial charge >= 0.3 is 0 Å². The van der Waals surface area contributed by atoms with Crippen molar-refractivity contribution in [1.29, 1.82) is 5.26 Å². The zero-order valence-electron chi connectivity index (χ0n) is 13.6. The van der Waals surface area contributed by atoms with Crippen LogP contribution < -0.4 is 4.74 Å². The summed E-state index contributed by atoms with van der Waals surface area (Å²) in [5.74, 6) is 1.32. The number of H-pyrrole nitrogens is 1. The summed E-state index contributed by atoms with van der Waals surface area (Å²) in [6, 6.07) is 12.0. The summed E-state index contributed by atoms with van der Waals surface area (Å²) in [4.78, 5) is 7.79. The monoisotopic (exact) mass is 381 g/mol. The van der Waals surface area contributed by atoms with Crippen molar-refractivity contribution in [2.45, 2.75) is 13.8 Å². The lowest BCUT2D eigenvalue weighted by Gasteiger charge is -2.03. The van der Waals surface area contributed by atoms with Gasteiger partial charge in [-0.15, -0.1) is 0 Å². The molecule has 0 aliphatic carbocycles. The molecule has 0 radical (unpaired) electrons. The highest BCUT2D eigenvalue weighted by atomic mass is 79.9. The number of benzene rings is 2. The van der Waals surface area contributed by atoms with Gasteiger partial charge in [0, 0.05) is 0 Å². The van der Waals surface area contributed by atoms with Crippen molar-refractivity contribution in [1.82, 2.24) is 9.97 Å². The minimum absolute atomic E-state index is 0.485. The van der Waals surface area contributed by atoms with Crippen molar-refractivity contribution in [2.75, 3.05) is 7.11 Å². The van der Waals surface area contributed by atoms with Crippen LogP contribution in [0.5, 0.6) is 5.75 Å². The molecule has 0 unspecified atom stereocenters. The van der Waals surface area contributed by atoms with E-state index in [0.717, 1.165) is 26.8 Å². The summed E-state index contributed by atoms with van der Waals surface area (Å²) < 4.78 is 6.07. The van der Waals surface area contributed by atoms with Gasteiger partial charge in [-0.05, 0) is 76.8 Å². The third-order valence-corrected chi connectivity index (χ3v) is 4.58. The average Bonchev–Trinajstić information content (AvgIpc) is 2.95. The summed E-state index contributed by atoms with van der Waals surface area (Å²) >= 11 is 3.46. The van der Waals surface area contributed by atoms with Gasteiger partial charge in [0.05, 0.1) is 28.2 Å². The van der Waals surface area contributed by atoms with E-state index in [0.29, 0.717) is 11.4 Å². The highest BCUT2D eigenvalue weighted by Gasteiger charge is 2.10. The van der Waals surface area contributed by atoms with Crippen molar-refractivity contribution in [2.24, 2.45) is 0 Å². The predicted octanol–water partition coefficient (Wildman–Crippen LogP) is 5.02. The number of nitriles is 1. The normalized spacial score (nSPS) is 11.5. The molecule has 3 aromatic rings. The molecule has 0 fully saturated rings. The Balaban J connectivity index is 2.05. The van der Waals surface area contributed by atoms with Gasteiger partial charge in [0.2, 0.25) is 0 Å². The highest BCUT2D eigenvalue weighted by Crippen LogP contribution is 2.28. The zero-order chi connectivity index (χ0) is 17.3. The van der Waals surface area contributed by atoms with E-state index in [9.17, 15) is 5.26 Å². The maximum atomic E-state index is 9.53. The number of aromatic amines is 1. The molecule has 0 aliphatic rings. The van der Waals surface area contributed by atoms with Crippen molar-refractivity contribution >= 4 is 38.6 Å². The molecule has 2 aromatic carbocycles. The number of hydrogen-bond acceptors (Lipinski definition) is 3. The van der Waals surface area contributed by atoms with E-state index in [-0.39, 0.29) is 0 Å². The maximum Gasteiger partial charge on any atom is 0.149 e. The number of imidazole rings is 1. The first kappa shape index (κ1) is 16.3. The average molecular weight is 382 g/mol. The number of rotatable bonds is 3. The maximum absolute atomic E-state index is 9.53. The summed E-state index contributed by atoms with van der Waals surface area (Å²) in [6.45, 7) is 4.12. The van der Waals surface area contributed by atoms with Gasteiger partial charge < -0.3 is 9.72 Å². The highest BCUT2D eigenvalue weighted by molar-refractivity contribution is 9.10. The summed E-state index contributed by atoms with van der Waals surface area (Å²) in [7, 11) is 1.62. The Bertz CT molecular complexity index is 957. The summed E-state index contributed by atoms with van der Waals surface area (Å²) in [6.07, 6.45) is 1.81. The van der Waals surface area contributed by atoms with Crippen LogP contribution in [0.25, 0.3) is 22.7 Å². The molecule has 1 heterocycles. The van der Waals surface area contributed by atoms with Gasteiger partial charge in [-0.3, -0.25) is 0 Å². The lowest BCUT2D eigenvalue weighted by molar-refractivity contribution is 0.412. The molecule has 0 aliphatic heterocycles. The van der Waals surface area contributed by atoms with Crippen LogP contribution in [0.4, 0.5) is 0 Å². The van der Waals surface area contributed by atoms with Gasteiger partial charge in [0.25, 0.3) is 0 Å². The zero-order valence-corrected chi connectivity index (χ0v) is 15.2. The second kappa shape index (κ2) is 6.50. The Labute approximate surface area is 148 Å². The Kier molecular flexibility index (Phi) is 4.41. The van der Waals surface area contributed by atoms with Crippen LogP contribution >= 0.6 is 15.9 Å². The molecule has 3 rings (SSSR count). The van der Waals surface area contributed by atoms with E-state index in [1.165, 1.54) is 11.1 Å². The first-order valence-electron chi connectivity index (χ1n) is 7.44. The number of aromatic nitrogens is 2. The van der Waals surface area contributed by atoms with Gasteiger partial charge in [0.1, 0.15) is 17.6 Å². The first-order chi connectivity index (χ1) is 11.5. The minimum Gasteiger partial charge on any atom is -0.496 e. The molecule has 0 amide bonds. The van der Waals surface area contributed by atoms with E-state index in [4.69, 9.17) is 4.74 Å². The van der Waals surface area contributed by atoms with Crippen LogP contribution in [-0.4, -0.2) is 17.1 Å². The second-order valence-electron chi connectivity index (χ2n) is 5.60. The van der Waals surface area contributed by atoms with Crippen LogP contribution in [0.2, 0.25) is 0 Å². The molecule has 4 nitrogen and oxygen atoms in total. The number of nitrogens with zero attached hydrogens (tertiary/aromatic N) is 2. The molecule has 1 aromatic heterocycles. The van der Waals surface area contributed by atoms with Gasteiger partial charge in [-0.25, -0.2) is 4.98 Å². The van der Waals surface area contributed by atoms with E-state index < -0.39 is 0 Å².